The second-order valence-electron chi connectivity index (χ2n) is 4.27. The summed E-state index contributed by atoms with van der Waals surface area (Å²) in [5.41, 5.74) is 7.38. The molecule has 1 fully saturated rings. The molecule has 1 aliphatic rings. The Morgan fingerprint density at radius 3 is 2.94 bits per heavy atom. The zero-order valence-electron chi connectivity index (χ0n) is 9.45. The van der Waals surface area contributed by atoms with Gasteiger partial charge in [-0.25, -0.2) is 19.9 Å². The largest absolute Gasteiger partial charge is 0.353 e. The molecular formula is C11H14N6. The first-order valence-electron chi connectivity index (χ1n) is 5.77. The van der Waals surface area contributed by atoms with E-state index in [1.807, 2.05) is 0 Å². The van der Waals surface area contributed by atoms with Gasteiger partial charge in [-0.3, -0.25) is 0 Å². The number of aromatic nitrogens is 4. The SMILES string of the molecule is NC1CCCN(c2ncnc3nccnc23)C1. The summed E-state index contributed by atoms with van der Waals surface area (Å²) in [6, 6.07) is 0.213. The Morgan fingerprint density at radius 1 is 1.18 bits per heavy atom. The van der Waals surface area contributed by atoms with E-state index in [1.165, 1.54) is 6.33 Å². The van der Waals surface area contributed by atoms with Gasteiger partial charge in [-0.1, -0.05) is 0 Å². The number of piperidine rings is 1. The lowest BCUT2D eigenvalue weighted by molar-refractivity contribution is 0.504. The van der Waals surface area contributed by atoms with E-state index in [-0.39, 0.29) is 6.04 Å². The first kappa shape index (κ1) is 10.3. The number of fused-ring (bicyclic) bond motifs is 1. The van der Waals surface area contributed by atoms with E-state index in [4.69, 9.17) is 5.73 Å². The van der Waals surface area contributed by atoms with Gasteiger partial charge in [0.15, 0.2) is 17.0 Å². The fraction of sp³-hybridized carbons (Fsp3) is 0.455. The Morgan fingerprint density at radius 2 is 2.06 bits per heavy atom. The Hall–Kier alpha value is -1.82. The fourth-order valence-corrected chi connectivity index (χ4v) is 2.22. The van der Waals surface area contributed by atoms with Crippen LogP contribution in [-0.2, 0) is 0 Å². The van der Waals surface area contributed by atoms with Crippen LogP contribution in [0.1, 0.15) is 12.8 Å². The van der Waals surface area contributed by atoms with E-state index in [0.29, 0.717) is 5.65 Å². The van der Waals surface area contributed by atoms with Gasteiger partial charge < -0.3 is 10.6 Å². The molecule has 6 nitrogen and oxygen atoms in total. The van der Waals surface area contributed by atoms with Crippen LogP contribution in [0.2, 0.25) is 0 Å². The van der Waals surface area contributed by atoms with Crippen LogP contribution < -0.4 is 10.6 Å². The number of hydrogen-bond donors (Lipinski definition) is 1. The van der Waals surface area contributed by atoms with E-state index in [2.05, 4.69) is 24.8 Å². The molecular weight excluding hydrogens is 216 g/mol. The standard InChI is InChI=1S/C11H14N6/c12-8-2-1-5-17(6-8)11-9-10(15-7-16-11)14-4-3-13-9/h3-4,7-8H,1-2,5-6,12H2. The number of nitrogens with zero attached hydrogens (tertiary/aromatic N) is 5. The van der Waals surface area contributed by atoms with Crippen molar-refractivity contribution in [1.82, 2.24) is 19.9 Å². The summed E-state index contributed by atoms with van der Waals surface area (Å²) < 4.78 is 0. The van der Waals surface area contributed by atoms with Crippen LogP contribution in [-0.4, -0.2) is 39.1 Å². The maximum Gasteiger partial charge on any atom is 0.183 e. The van der Waals surface area contributed by atoms with Crippen molar-refractivity contribution in [2.75, 3.05) is 18.0 Å². The number of rotatable bonds is 1. The third-order valence-electron chi connectivity index (χ3n) is 3.01. The summed E-state index contributed by atoms with van der Waals surface area (Å²) in [5.74, 6) is 0.846. The van der Waals surface area contributed by atoms with Crippen molar-refractivity contribution >= 4 is 17.0 Å². The van der Waals surface area contributed by atoms with E-state index in [1.54, 1.807) is 12.4 Å². The van der Waals surface area contributed by atoms with Crippen LogP contribution in [0.3, 0.4) is 0 Å². The molecule has 3 rings (SSSR count). The van der Waals surface area contributed by atoms with Crippen LogP contribution in [0.5, 0.6) is 0 Å². The van der Waals surface area contributed by atoms with Crippen LogP contribution in [0.25, 0.3) is 11.2 Å². The van der Waals surface area contributed by atoms with Crippen molar-refractivity contribution in [3.05, 3.63) is 18.7 Å². The van der Waals surface area contributed by atoms with Crippen molar-refractivity contribution in [1.29, 1.82) is 0 Å². The molecule has 0 aromatic carbocycles. The molecule has 6 heteroatoms. The zero-order valence-corrected chi connectivity index (χ0v) is 9.45. The molecule has 0 spiro atoms. The van der Waals surface area contributed by atoms with Gasteiger partial charge in [0.2, 0.25) is 0 Å². The first-order chi connectivity index (χ1) is 8.34. The number of hydrogen-bond acceptors (Lipinski definition) is 6. The molecule has 88 valence electrons. The average molecular weight is 230 g/mol. The van der Waals surface area contributed by atoms with Crippen LogP contribution in [0.4, 0.5) is 5.82 Å². The van der Waals surface area contributed by atoms with Gasteiger partial charge in [0, 0.05) is 31.5 Å². The van der Waals surface area contributed by atoms with Crippen molar-refractivity contribution in [2.24, 2.45) is 5.73 Å². The second-order valence-corrected chi connectivity index (χ2v) is 4.27. The van der Waals surface area contributed by atoms with Crippen molar-refractivity contribution in [3.63, 3.8) is 0 Å². The lowest BCUT2D eigenvalue weighted by Crippen LogP contribution is -2.43. The molecule has 17 heavy (non-hydrogen) atoms. The molecule has 1 saturated heterocycles. The van der Waals surface area contributed by atoms with Crippen LogP contribution in [0.15, 0.2) is 18.7 Å². The Bertz CT molecular complexity index is 523. The van der Waals surface area contributed by atoms with Crippen molar-refractivity contribution in [3.8, 4) is 0 Å². The van der Waals surface area contributed by atoms with E-state index >= 15 is 0 Å². The molecule has 2 aromatic heterocycles. The maximum absolute atomic E-state index is 5.99. The molecule has 0 amide bonds. The minimum atomic E-state index is 0.213. The highest BCUT2D eigenvalue weighted by atomic mass is 15.2. The molecule has 1 unspecified atom stereocenters. The summed E-state index contributed by atoms with van der Waals surface area (Å²) in [4.78, 5) is 19.1. The molecule has 0 radical (unpaired) electrons. The molecule has 2 N–H and O–H groups in total. The quantitative estimate of drug-likeness (QED) is 0.761. The summed E-state index contributed by atoms with van der Waals surface area (Å²) in [5, 5.41) is 0. The monoisotopic (exact) mass is 230 g/mol. The molecule has 1 aliphatic heterocycles. The summed E-state index contributed by atoms with van der Waals surface area (Å²) in [6.45, 7) is 1.79. The topological polar surface area (TPSA) is 80.8 Å². The van der Waals surface area contributed by atoms with Crippen LogP contribution >= 0.6 is 0 Å². The molecule has 0 aliphatic carbocycles. The smallest absolute Gasteiger partial charge is 0.183 e. The molecule has 0 saturated carbocycles. The van der Waals surface area contributed by atoms with Crippen molar-refractivity contribution < 1.29 is 0 Å². The highest BCUT2D eigenvalue weighted by molar-refractivity contribution is 5.82. The predicted molar refractivity (Wildman–Crippen MR) is 64.6 cm³/mol. The normalized spacial score (nSPS) is 20.8. The Kier molecular flexibility index (Phi) is 2.56. The summed E-state index contributed by atoms with van der Waals surface area (Å²) in [6.07, 6.45) is 7.00. The third kappa shape index (κ3) is 1.91. The minimum absolute atomic E-state index is 0.213. The average Bonchev–Trinajstić information content (AvgIpc) is 2.38. The number of nitrogens with two attached hydrogens (primary N) is 1. The van der Waals surface area contributed by atoms with E-state index in [9.17, 15) is 0 Å². The molecule has 0 bridgehead atoms. The molecule has 3 heterocycles. The fourth-order valence-electron chi connectivity index (χ4n) is 2.22. The highest BCUT2D eigenvalue weighted by Gasteiger charge is 2.20. The van der Waals surface area contributed by atoms with E-state index < -0.39 is 0 Å². The summed E-state index contributed by atoms with van der Waals surface area (Å²) >= 11 is 0. The van der Waals surface area contributed by atoms with Gasteiger partial charge >= 0.3 is 0 Å². The van der Waals surface area contributed by atoms with Gasteiger partial charge in [0.1, 0.15) is 6.33 Å². The predicted octanol–water partition coefficient (Wildman–Crippen LogP) is 0.347. The lowest BCUT2D eigenvalue weighted by atomic mass is 10.1. The summed E-state index contributed by atoms with van der Waals surface area (Å²) in [7, 11) is 0. The van der Waals surface area contributed by atoms with Crippen molar-refractivity contribution in [2.45, 2.75) is 18.9 Å². The van der Waals surface area contributed by atoms with Gasteiger partial charge in [-0.2, -0.15) is 0 Å². The van der Waals surface area contributed by atoms with Gasteiger partial charge in [-0.05, 0) is 12.8 Å². The zero-order chi connectivity index (χ0) is 11.7. The first-order valence-corrected chi connectivity index (χ1v) is 5.77. The Labute approximate surface area is 98.9 Å². The maximum atomic E-state index is 5.99. The third-order valence-corrected chi connectivity index (χ3v) is 3.01. The minimum Gasteiger partial charge on any atom is -0.353 e. The molecule has 1 atom stereocenters. The van der Waals surface area contributed by atoms with Crippen LogP contribution in [0, 0.1) is 0 Å². The highest BCUT2D eigenvalue weighted by Crippen LogP contribution is 2.22. The van der Waals surface area contributed by atoms with Gasteiger partial charge in [0.05, 0.1) is 0 Å². The molecule has 2 aromatic rings. The van der Waals surface area contributed by atoms with Gasteiger partial charge in [-0.15, -0.1) is 0 Å². The Balaban J connectivity index is 2.04. The van der Waals surface area contributed by atoms with Gasteiger partial charge in [0.25, 0.3) is 0 Å². The second kappa shape index (κ2) is 4.21. The van der Waals surface area contributed by atoms with E-state index in [0.717, 1.165) is 37.3 Å². The number of anilines is 1. The lowest BCUT2D eigenvalue weighted by Gasteiger charge is -2.31.